The molecule has 1 amide bonds. The molecule has 1 heterocycles. The van der Waals surface area contributed by atoms with Crippen LogP contribution in [0.25, 0.3) is 0 Å². The minimum absolute atomic E-state index is 0.0184. The standard InChI is InChI=1S/C13H11ClN4OS/c14-10-1-3-11(4-2-10)18-12(19)9(7-15)8-17-13-16-5-6-20-13/h1-4,8H,5-6H2,(H,16,17)(H,18,19)/b9-8-. The number of hydrogen-bond donors (Lipinski definition) is 2. The van der Waals surface area contributed by atoms with Crippen LogP contribution < -0.4 is 10.6 Å². The van der Waals surface area contributed by atoms with Gasteiger partial charge < -0.3 is 10.6 Å². The molecule has 2 N–H and O–H groups in total. The van der Waals surface area contributed by atoms with Crippen molar-refractivity contribution >= 4 is 40.1 Å². The molecule has 0 saturated carbocycles. The maximum atomic E-state index is 11.9. The molecule has 0 saturated heterocycles. The lowest BCUT2D eigenvalue weighted by Gasteiger charge is -2.04. The summed E-state index contributed by atoms with van der Waals surface area (Å²) in [7, 11) is 0. The van der Waals surface area contributed by atoms with Gasteiger partial charge in [-0.3, -0.25) is 9.79 Å². The number of thioether (sulfide) groups is 1. The highest BCUT2D eigenvalue weighted by molar-refractivity contribution is 8.14. The van der Waals surface area contributed by atoms with Crippen LogP contribution in [0, 0.1) is 11.3 Å². The van der Waals surface area contributed by atoms with Gasteiger partial charge in [-0.1, -0.05) is 23.4 Å². The quantitative estimate of drug-likeness (QED) is 0.664. The van der Waals surface area contributed by atoms with E-state index in [9.17, 15) is 4.79 Å². The number of amides is 1. The lowest BCUT2D eigenvalue weighted by Crippen LogP contribution is -2.18. The van der Waals surface area contributed by atoms with Crippen LogP contribution in [0.2, 0.25) is 5.02 Å². The summed E-state index contributed by atoms with van der Waals surface area (Å²) in [5.74, 6) is 0.431. The molecule has 1 aliphatic rings. The highest BCUT2D eigenvalue weighted by Crippen LogP contribution is 2.14. The van der Waals surface area contributed by atoms with E-state index in [0.29, 0.717) is 10.7 Å². The Bertz CT molecular complexity index is 604. The number of nitrogens with zero attached hydrogens (tertiary/aromatic N) is 2. The van der Waals surface area contributed by atoms with Gasteiger partial charge in [-0.05, 0) is 24.3 Å². The first-order valence-corrected chi connectivity index (χ1v) is 7.16. The number of nitriles is 1. The van der Waals surface area contributed by atoms with E-state index in [2.05, 4.69) is 15.6 Å². The summed E-state index contributed by atoms with van der Waals surface area (Å²) in [6.45, 7) is 0.750. The minimum Gasteiger partial charge on any atom is -0.340 e. The number of nitrogens with one attached hydrogen (secondary N) is 2. The number of aliphatic imine (C=N–C) groups is 1. The molecule has 0 unspecified atom stereocenters. The molecule has 0 radical (unpaired) electrons. The van der Waals surface area contributed by atoms with Crippen molar-refractivity contribution in [2.75, 3.05) is 17.6 Å². The SMILES string of the molecule is N#C/C(=C/NC1=NCCS1)C(=O)Nc1ccc(Cl)cc1. The first-order valence-electron chi connectivity index (χ1n) is 5.80. The molecule has 0 bridgehead atoms. The van der Waals surface area contributed by atoms with Gasteiger partial charge in [0.2, 0.25) is 0 Å². The average Bonchev–Trinajstić information content (AvgIpc) is 2.95. The van der Waals surface area contributed by atoms with Crippen molar-refractivity contribution in [3.8, 4) is 6.07 Å². The number of anilines is 1. The van der Waals surface area contributed by atoms with Crippen molar-refractivity contribution in [1.82, 2.24) is 5.32 Å². The van der Waals surface area contributed by atoms with Gasteiger partial charge in [0.1, 0.15) is 11.6 Å². The van der Waals surface area contributed by atoms with Crippen LogP contribution in [-0.4, -0.2) is 23.4 Å². The van der Waals surface area contributed by atoms with Crippen molar-refractivity contribution in [1.29, 1.82) is 5.26 Å². The fraction of sp³-hybridized carbons (Fsp3) is 0.154. The van der Waals surface area contributed by atoms with E-state index in [4.69, 9.17) is 16.9 Å². The van der Waals surface area contributed by atoms with Gasteiger partial charge in [-0.2, -0.15) is 5.26 Å². The van der Waals surface area contributed by atoms with Gasteiger partial charge in [0.05, 0.1) is 6.54 Å². The molecule has 1 aromatic rings. The molecule has 0 atom stereocenters. The Morgan fingerprint density at radius 1 is 1.45 bits per heavy atom. The van der Waals surface area contributed by atoms with Crippen LogP contribution in [0.4, 0.5) is 5.69 Å². The number of carbonyl (C=O) groups excluding carboxylic acids is 1. The van der Waals surface area contributed by atoms with Gasteiger partial charge in [0.25, 0.3) is 5.91 Å². The number of hydrogen-bond acceptors (Lipinski definition) is 5. The normalized spacial score (nSPS) is 14.4. The molecular weight excluding hydrogens is 296 g/mol. The summed E-state index contributed by atoms with van der Waals surface area (Å²) in [6, 6.07) is 8.51. The molecule has 1 aromatic carbocycles. The topological polar surface area (TPSA) is 77.3 Å². The second-order valence-corrected chi connectivity index (χ2v) is 5.33. The summed E-state index contributed by atoms with van der Waals surface area (Å²) in [4.78, 5) is 16.1. The highest BCUT2D eigenvalue weighted by atomic mass is 35.5. The van der Waals surface area contributed by atoms with E-state index >= 15 is 0 Å². The molecule has 102 valence electrons. The van der Waals surface area contributed by atoms with E-state index in [1.165, 1.54) is 6.20 Å². The molecular formula is C13H11ClN4OS. The highest BCUT2D eigenvalue weighted by Gasteiger charge is 2.11. The van der Waals surface area contributed by atoms with Crippen LogP contribution in [0.5, 0.6) is 0 Å². The van der Waals surface area contributed by atoms with Crippen molar-refractivity contribution in [2.45, 2.75) is 0 Å². The monoisotopic (exact) mass is 306 g/mol. The van der Waals surface area contributed by atoms with Gasteiger partial charge in [0.15, 0.2) is 5.17 Å². The number of halogens is 1. The summed E-state index contributed by atoms with van der Waals surface area (Å²) < 4.78 is 0. The molecule has 7 heteroatoms. The minimum atomic E-state index is -0.481. The van der Waals surface area contributed by atoms with E-state index in [-0.39, 0.29) is 5.57 Å². The first kappa shape index (κ1) is 14.4. The molecule has 2 rings (SSSR count). The van der Waals surface area contributed by atoms with Crippen LogP contribution in [0.1, 0.15) is 0 Å². The van der Waals surface area contributed by atoms with Gasteiger partial charge in [-0.25, -0.2) is 0 Å². The summed E-state index contributed by atoms with van der Waals surface area (Å²) >= 11 is 7.31. The summed E-state index contributed by atoms with van der Waals surface area (Å²) in [5, 5.41) is 15.8. The molecule has 0 spiro atoms. The smallest absolute Gasteiger partial charge is 0.267 e. The summed E-state index contributed by atoms with van der Waals surface area (Å²) in [5.41, 5.74) is 0.559. The maximum Gasteiger partial charge on any atom is 0.267 e. The predicted octanol–water partition coefficient (Wildman–Crippen LogP) is 2.38. The number of amidine groups is 1. The second-order valence-electron chi connectivity index (χ2n) is 3.81. The van der Waals surface area contributed by atoms with E-state index < -0.39 is 5.91 Å². The number of carbonyl (C=O) groups is 1. The molecule has 5 nitrogen and oxygen atoms in total. The van der Waals surface area contributed by atoms with Crippen molar-refractivity contribution in [3.05, 3.63) is 41.1 Å². The van der Waals surface area contributed by atoms with E-state index in [1.807, 2.05) is 6.07 Å². The Balaban J connectivity index is 2.00. The second kappa shape index (κ2) is 6.98. The Hall–Kier alpha value is -1.97. The van der Waals surface area contributed by atoms with Gasteiger partial charge in [-0.15, -0.1) is 0 Å². The van der Waals surface area contributed by atoms with Crippen LogP contribution in [0.15, 0.2) is 41.0 Å². The molecule has 20 heavy (non-hydrogen) atoms. The summed E-state index contributed by atoms with van der Waals surface area (Å²) in [6.07, 6.45) is 1.36. The molecule has 0 aromatic heterocycles. The van der Waals surface area contributed by atoms with E-state index in [0.717, 1.165) is 17.5 Å². The molecule has 0 fully saturated rings. The zero-order chi connectivity index (χ0) is 14.4. The maximum absolute atomic E-state index is 11.9. The zero-order valence-corrected chi connectivity index (χ0v) is 12.0. The van der Waals surface area contributed by atoms with Crippen LogP contribution in [-0.2, 0) is 4.79 Å². The zero-order valence-electron chi connectivity index (χ0n) is 10.4. The third-order valence-corrected chi connectivity index (χ3v) is 3.55. The van der Waals surface area contributed by atoms with Crippen LogP contribution >= 0.6 is 23.4 Å². The van der Waals surface area contributed by atoms with E-state index in [1.54, 1.807) is 36.0 Å². The third-order valence-electron chi connectivity index (χ3n) is 2.39. The Morgan fingerprint density at radius 3 is 2.80 bits per heavy atom. The Kier molecular flexibility index (Phi) is 5.04. The lowest BCUT2D eigenvalue weighted by molar-refractivity contribution is -0.112. The Labute approximate surface area is 125 Å². The molecule has 1 aliphatic heterocycles. The van der Waals surface area contributed by atoms with Crippen molar-refractivity contribution in [2.24, 2.45) is 4.99 Å². The predicted molar refractivity (Wildman–Crippen MR) is 81.7 cm³/mol. The fourth-order valence-electron chi connectivity index (χ4n) is 1.44. The average molecular weight is 307 g/mol. The number of benzene rings is 1. The van der Waals surface area contributed by atoms with Gasteiger partial charge in [0, 0.05) is 22.7 Å². The largest absolute Gasteiger partial charge is 0.340 e. The molecule has 0 aliphatic carbocycles. The third kappa shape index (κ3) is 4.02. The lowest BCUT2D eigenvalue weighted by atomic mass is 10.2. The first-order chi connectivity index (χ1) is 9.69. The Morgan fingerprint density at radius 2 is 2.20 bits per heavy atom. The van der Waals surface area contributed by atoms with Gasteiger partial charge >= 0.3 is 0 Å². The van der Waals surface area contributed by atoms with Crippen molar-refractivity contribution < 1.29 is 4.79 Å². The number of rotatable bonds is 3. The fourth-order valence-corrected chi connectivity index (χ4v) is 2.26. The van der Waals surface area contributed by atoms with Crippen molar-refractivity contribution in [3.63, 3.8) is 0 Å². The van der Waals surface area contributed by atoms with Crippen LogP contribution in [0.3, 0.4) is 0 Å².